The average Bonchev–Trinajstić information content (AvgIpc) is 1.80. The first kappa shape index (κ1) is 6.13. The third-order valence-corrected chi connectivity index (χ3v) is 1.15. The first-order valence-corrected chi connectivity index (χ1v) is 2.83. The minimum absolute atomic E-state index is 0.0949. The molecule has 0 bridgehead atoms. The highest BCUT2D eigenvalue weighted by Crippen LogP contribution is 2.00. The quantitative estimate of drug-likeness (QED) is 0.467. The first-order chi connectivity index (χ1) is 4.20. The van der Waals surface area contributed by atoms with Crippen molar-refractivity contribution in [1.82, 2.24) is 0 Å². The Hall–Kier alpha value is -0.990. The molecular formula is C6H8N2O. The Balaban J connectivity index is 2.82. The van der Waals surface area contributed by atoms with Crippen LogP contribution in [-0.2, 0) is 4.79 Å². The topological polar surface area (TPSA) is 41.8 Å². The van der Waals surface area contributed by atoms with Gasteiger partial charge in [-0.2, -0.15) is 4.99 Å². The summed E-state index contributed by atoms with van der Waals surface area (Å²) in [6.45, 7) is 3.49. The van der Waals surface area contributed by atoms with Crippen LogP contribution in [0.1, 0.15) is 13.8 Å². The molecule has 1 rings (SSSR count). The molecule has 0 N–H and O–H groups in total. The molecule has 3 heteroatoms. The van der Waals surface area contributed by atoms with Gasteiger partial charge in [0.15, 0.2) is 0 Å². The van der Waals surface area contributed by atoms with Crippen LogP contribution < -0.4 is 0 Å². The van der Waals surface area contributed by atoms with Gasteiger partial charge in [0.25, 0.3) is 5.91 Å². The van der Waals surface area contributed by atoms with Gasteiger partial charge < -0.3 is 0 Å². The van der Waals surface area contributed by atoms with E-state index in [-0.39, 0.29) is 11.8 Å². The van der Waals surface area contributed by atoms with Gasteiger partial charge in [-0.25, -0.2) is 4.99 Å². The van der Waals surface area contributed by atoms with Crippen LogP contribution in [0.2, 0.25) is 0 Å². The lowest BCUT2D eigenvalue weighted by molar-refractivity contribution is -0.119. The third-order valence-electron chi connectivity index (χ3n) is 1.15. The number of amides is 1. The maximum absolute atomic E-state index is 10.7. The van der Waals surface area contributed by atoms with Gasteiger partial charge in [0.05, 0.1) is 5.92 Å². The van der Waals surface area contributed by atoms with E-state index >= 15 is 0 Å². The molecule has 1 aliphatic heterocycles. The zero-order chi connectivity index (χ0) is 6.85. The lowest BCUT2D eigenvalue weighted by Gasteiger charge is -2.04. The van der Waals surface area contributed by atoms with Crippen molar-refractivity contribution in [2.24, 2.45) is 15.9 Å². The van der Waals surface area contributed by atoms with E-state index in [0.29, 0.717) is 5.84 Å². The molecule has 0 radical (unpaired) electrons. The van der Waals surface area contributed by atoms with Crippen LogP contribution in [-0.4, -0.2) is 18.0 Å². The van der Waals surface area contributed by atoms with Gasteiger partial charge in [0, 0.05) is 6.21 Å². The van der Waals surface area contributed by atoms with E-state index in [4.69, 9.17) is 0 Å². The van der Waals surface area contributed by atoms with Gasteiger partial charge in [0.1, 0.15) is 5.84 Å². The molecule has 1 heterocycles. The number of rotatable bonds is 0. The molecule has 0 spiro atoms. The number of hydrogen-bond acceptors (Lipinski definition) is 2. The molecule has 0 saturated carbocycles. The summed E-state index contributed by atoms with van der Waals surface area (Å²) in [6, 6.07) is 0. The Labute approximate surface area is 53.5 Å². The molecule has 1 aliphatic rings. The SMILES string of the molecule is CC1=NC(=O)[C@H](C)C=N1. The fraction of sp³-hybridized carbons (Fsp3) is 0.500. The molecule has 0 aromatic rings. The van der Waals surface area contributed by atoms with Gasteiger partial charge in [-0.1, -0.05) is 0 Å². The van der Waals surface area contributed by atoms with Crippen molar-refractivity contribution in [1.29, 1.82) is 0 Å². The second-order valence-electron chi connectivity index (χ2n) is 2.06. The predicted octanol–water partition coefficient (Wildman–Crippen LogP) is 0.652. The van der Waals surface area contributed by atoms with E-state index in [1.54, 1.807) is 20.1 Å². The molecule has 1 atom stereocenters. The lowest BCUT2D eigenvalue weighted by atomic mass is 10.2. The van der Waals surface area contributed by atoms with Gasteiger partial charge in [-0.3, -0.25) is 4.79 Å². The molecule has 9 heavy (non-hydrogen) atoms. The zero-order valence-corrected chi connectivity index (χ0v) is 5.46. The number of aliphatic imine (C=N–C) groups is 2. The van der Waals surface area contributed by atoms with Crippen LogP contribution in [0.3, 0.4) is 0 Å². The predicted molar refractivity (Wildman–Crippen MR) is 35.8 cm³/mol. The average molecular weight is 124 g/mol. The Morgan fingerprint density at radius 1 is 1.67 bits per heavy atom. The second-order valence-corrected chi connectivity index (χ2v) is 2.06. The van der Waals surface area contributed by atoms with Crippen molar-refractivity contribution in [3.8, 4) is 0 Å². The summed E-state index contributed by atoms with van der Waals surface area (Å²) in [6.07, 6.45) is 1.62. The number of amidine groups is 1. The molecule has 48 valence electrons. The fourth-order valence-electron chi connectivity index (χ4n) is 0.574. The van der Waals surface area contributed by atoms with Crippen LogP contribution in [0.4, 0.5) is 0 Å². The van der Waals surface area contributed by atoms with Gasteiger partial charge in [-0.15, -0.1) is 0 Å². The summed E-state index contributed by atoms with van der Waals surface area (Å²) >= 11 is 0. The number of carbonyl (C=O) groups is 1. The standard InChI is InChI=1S/C6H8N2O/c1-4-3-7-5(2)8-6(4)9/h3-4H,1-2H3/t4-/m1/s1. The van der Waals surface area contributed by atoms with E-state index in [1.165, 1.54) is 0 Å². The highest BCUT2D eigenvalue weighted by Gasteiger charge is 2.12. The smallest absolute Gasteiger partial charge is 0.255 e. The lowest BCUT2D eigenvalue weighted by Crippen LogP contribution is -2.15. The zero-order valence-electron chi connectivity index (χ0n) is 5.46. The van der Waals surface area contributed by atoms with Crippen molar-refractivity contribution >= 4 is 18.0 Å². The summed E-state index contributed by atoms with van der Waals surface area (Å²) in [7, 11) is 0. The second kappa shape index (κ2) is 2.09. The van der Waals surface area contributed by atoms with Crippen LogP contribution in [0, 0.1) is 5.92 Å². The molecule has 0 aromatic heterocycles. The van der Waals surface area contributed by atoms with Crippen molar-refractivity contribution in [3.63, 3.8) is 0 Å². The summed E-state index contributed by atoms with van der Waals surface area (Å²) in [5.74, 6) is 0.328. The van der Waals surface area contributed by atoms with Crippen LogP contribution in [0.25, 0.3) is 0 Å². The minimum atomic E-state index is -0.131. The van der Waals surface area contributed by atoms with Gasteiger partial charge in [-0.05, 0) is 13.8 Å². The Kier molecular flexibility index (Phi) is 1.42. The molecule has 0 unspecified atom stereocenters. The number of nitrogens with zero attached hydrogens (tertiary/aromatic N) is 2. The summed E-state index contributed by atoms with van der Waals surface area (Å²) in [5, 5.41) is 0. The van der Waals surface area contributed by atoms with E-state index < -0.39 is 0 Å². The monoisotopic (exact) mass is 124 g/mol. The van der Waals surface area contributed by atoms with Crippen LogP contribution in [0.5, 0.6) is 0 Å². The molecule has 3 nitrogen and oxygen atoms in total. The fourth-order valence-corrected chi connectivity index (χ4v) is 0.574. The van der Waals surface area contributed by atoms with Crippen molar-refractivity contribution in [2.75, 3.05) is 0 Å². The van der Waals surface area contributed by atoms with Gasteiger partial charge >= 0.3 is 0 Å². The Morgan fingerprint density at radius 3 is 2.78 bits per heavy atom. The summed E-state index contributed by atoms with van der Waals surface area (Å²) < 4.78 is 0. The summed E-state index contributed by atoms with van der Waals surface area (Å²) in [5.41, 5.74) is 0. The molecule has 0 fully saturated rings. The molecule has 0 aromatic carbocycles. The van der Waals surface area contributed by atoms with Crippen molar-refractivity contribution in [3.05, 3.63) is 0 Å². The van der Waals surface area contributed by atoms with Crippen molar-refractivity contribution < 1.29 is 4.79 Å². The van der Waals surface area contributed by atoms with E-state index in [1.807, 2.05) is 0 Å². The van der Waals surface area contributed by atoms with E-state index in [0.717, 1.165) is 0 Å². The highest BCUT2D eigenvalue weighted by atomic mass is 16.1. The first-order valence-electron chi connectivity index (χ1n) is 2.83. The normalized spacial score (nSPS) is 26.2. The van der Waals surface area contributed by atoms with E-state index in [2.05, 4.69) is 9.98 Å². The molecule has 0 saturated heterocycles. The highest BCUT2D eigenvalue weighted by molar-refractivity contribution is 6.07. The molecule has 0 aliphatic carbocycles. The maximum Gasteiger partial charge on any atom is 0.255 e. The van der Waals surface area contributed by atoms with E-state index in [9.17, 15) is 4.79 Å². The third kappa shape index (κ3) is 1.22. The van der Waals surface area contributed by atoms with Crippen LogP contribution in [0.15, 0.2) is 9.98 Å². The minimum Gasteiger partial charge on any atom is -0.272 e. The largest absolute Gasteiger partial charge is 0.272 e. The summed E-state index contributed by atoms with van der Waals surface area (Å²) in [4.78, 5) is 18.2. The Bertz CT molecular complexity index is 193. The Morgan fingerprint density at radius 2 is 2.33 bits per heavy atom. The number of hydrogen-bond donors (Lipinski definition) is 0. The van der Waals surface area contributed by atoms with Crippen LogP contribution >= 0.6 is 0 Å². The van der Waals surface area contributed by atoms with Crippen molar-refractivity contribution in [2.45, 2.75) is 13.8 Å². The number of carbonyl (C=O) groups excluding carboxylic acids is 1. The molecule has 1 amide bonds. The van der Waals surface area contributed by atoms with Gasteiger partial charge in [0.2, 0.25) is 0 Å². The maximum atomic E-state index is 10.7. The molecular weight excluding hydrogens is 116 g/mol.